The molecule has 2 saturated heterocycles. The van der Waals surface area contributed by atoms with Crippen molar-refractivity contribution in [3.8, 4) is 10.6 Å². The summed E-state index contributed by atoms with van der Waals surface area (Å²) >= 11 is 1.53. The topological polar surface area (TPSA) is 77.5 Å². The van der Waals surface area contributed by atoms with Gasteiger partial charge in [0.15, 0.2) is 5.82 Å². The zero-order valence-corrected chi connectivity index (χ0v) is 24.1. The number of hydrogen-bond acceptors (Lipinski definition) is 8. The molecule has 1 aliphatic carbocycles. The van der Waals surface area contributed by atoms with Crippen LogP contribution in [0.15, 0.2) is 30.6 Å². The van der Waals surface area contributed by atoms with E-state index < -0.39 is 5.82 Å². The van der Waals surface area contributed by atoms with Crippen LogP contribution in [-0.2, 0) is 5.41 Å². The van der Waals surface area contributed by atoms with Crippen molar-refractivity contribution in [1.29, 1.82) is 0 Å². The van der Waals surface area contributed by atoms with E-state index in [0.717, 1.165) is 68.0 Å². The fourth-order valence-corrected chi connectivity index (χ4v) is 8.62. The first kappa shape index (κ1) is 25.8. The van der Waals surface area contributed by atoms with E-state index in [1.54, 1.807) is 0 Å². The van der Waals surface area contributed by atoms with Gasteiger partial charge in [0.25, 0.3) is 5.91 Å². The van der Waals surface area contributed by atoms with Crippen molar-refractivity contribution in [2.75, 3.05) is 56.0 Å². The minimum absolute atomic E-state index is 0.0270. The van der Waals surface area contributed by atoms with Crippen molar-refractivity contribution >= 4 is 34.7 Å². The minimum atomic E-state index is -0.491. The number of carbonyl (C=O) groups excluding carboxylic acids is 1. The van der Waals surface area contributed by atoms with E-state index in [1.807, 2.05) is 30.2 Å². The van der Waals surface area contributed by atoms with Gasteiger partial charge in [0.1, 0.15) is 11.5 Å². The monoisotopic (exact) mass is 561 g/mol. The molecule has 8 nitrogen and oxygen atoms in total. The van der Waals surface area contributed by atoms with Gasteiger partial charge < -0.3 is 20.0 Å². The molecule has 3 aliphatic heterocycles. The number of thiophene rings is 1. The average molecular weight is 562 g/mol. The average Bonchev–Trinajstić information content (AvgIpc) is 3.39. The number of halogens is 1. The molecule has 40 heavy (non-hydrogen) atoms. The third kappa shape index (κ3) is 4.27. The molecule has 7 rings (SSSR count). The van der Waals surface area contributed by atoms with Gasteiger partial charge in [-0.3, -0.25) is 4.79 Å². The number of pyridine rings is 1. The summed E-state index contributed by atoms with van der Waals surface area (Å²) in [6.45, 7) is 11.3. The van der Waals surface area contributed by atoms with Gasteiger partial charge in [-0.2, -0.15) is 0 Å². The van der Waals surface area contributed by atoms with E-state index >= 15 is 4.39 Å². The molecule has 3 aromatic rings. The molecule has 2 spiro atoms. The van der Waals surface area contributed by atoms with Gasteiger partial charge in [0, 0.05) is 55.0 Å². The van der Waals surface area contributed by atoms with Crippen LogP contribution in [0.4, 0.5) is 21.8 Å². The third-order valence-corrected chi connectivity index (χ3v) is 10.8. The predicted molar refractivity (Wildman–Crippen MR) is 156 cm³/mol. The number of amides is 1. The smallest absolute Gasteiger partial charge is 0.255 e. The molecule has 10 heteroatoms. The van der Waals surface area contributed by atoms with Crippen LogP contribution in [0.25, 0.3) is 10.6 Å². The second kappa shape index (κ2) is 9.76. The van der Waals surface area contributed by atoms with Crippen LogP contribution in [-0.4, -0.2) is 76.5 Å². The normalized spacial score (nSPS) is 21.3. The zero-order valence-electron chi connectivity index (χ0n) is 23.2. The lowest BCUT2D eigenvalue weighted by Gasteiger charge is -2.61. The highest BCUT2D eigenvalue weighted by atomic mass is 32.1. The fourth-order valence-electron chi connectivity index (χ4n) is 7.24. The van der Waals surface area contributed by atoms with Crippen LogP contribution in [0.3, 0.4) is 0 Å². The summed E-state index contributed by atoms with van der Waals surface area (Å²) in [7, 11) is 0. The first-order valence-electron chi connectivity index (χ1n) is 14.6. The number of likely N-dealkylation sites (tertiary alicyclic amines) is 1. The van der Waals surface area contributed by atoms with Crippen molar-refractivity contribution < 1.29 is 9.18 Å². The summed E-state index contributed by atoms with van der Waals surface area (Å²) < 4.78 is 15.1. The van der Waals surface area contributed by atoms with E-state index in [9.17, 15) is 4.79 Å². The molecular weight excluding hydrogens is 525 g/mol. The van der Waals surface area contributed by atoms with Crippen LogP contribution >= 0.6 is 11.3 Å². The predicted octanol–water partition coefficient (Wildman–Crippen LogP) is 5.30. The van der Waals surface area contributed by atoms with Gasteiger partial charge in [-0.25, -0.2) is 19.3 Å². The Morgan fingerprint density at radius 1 is 1.00 bits per heavy atom. The molecule has 0 atom stereocenters. The molecule has 210 valence electrons. The Balaban J connectivity index is 1.10. The number of nitrogens with zero attached hydrogens (tertiary/aromatic N) is 6. The maximum atomic E-state index is 15.1. The summed E-state index contributed by atoms with van der Waals surface area (Å²) in [4.78, 5) is 35.2. The SMILES string of the molecule is CCN1CC2(C1)CN(c1ccc(Nc3ncc(F)c(-c4cc5c(s4)C4(CCCCC4)CN(CC)C5=O)n3)nc1)C2. The second-order valence-corrected chi connectivity index (χ2v) is 13.1. The van der Waals surface area contributed by atoms with E-state index in [4.69, 9.17) is 0 Å². The molecule has 1 N–H and O–H groups in total. The minimum Gasteiger partial charge on any atom is -0.369 e. The lowest BCUT2D eigenvalue weighted by molar-refractivity contribution is -0.0178. The van der Waals surface area contributed by atoms with Crippen molar-refractivity contribution in [2.45, 2.75) is 51.4 Å². The molecular formula is C30H36FN7OS. The largest absolute Gasteiger partial charge is 0.369 e. The Morgan fingerprint density at radius 2 is 1.80 bits per heavy atom. The van der Waals surface area contributed by atoms with Crippen LogP contribution in [0.5, 0.6) is 0 Å². The highest BCUT2D eigenvalue weighted by molar-refractivity contribution is 7.16. The van der Waals surface area contributed by atoms with E-state index in [0.29, 0.717) is 22.7 Å². The molecule has 0 radical (unpaired) electrons. The van der Waals surface area contributed by atoms with Crippen molar-refractivity contribution in [2.24, 2.45) is 5.41 Å². The van der Waals surface area contributed by atoms with Crippen LogP contribution < -0.4 is 10.2 Å². The molecule has 1 saturated carbocycles. The number of carbonyl (C=O) groups is 1. The second-order valence-electron chi connectivity index (χ2n) is 12.1. The Kier molecular flexibility index (Phi) is 6.31. The molecule has 0 unspecified atom stereocenters. The van der Waals surface area contributed by atoms with Crippen molar-refractivity contribution in [1.82, 2.24) is 24.8 Å². The number of fused-ring (bicyclic) bond motifs is 2. The lowest BCUT2D eigenvalue weighted by Crippen LogP contribution is -2.72. The van der Waals surface area contributed by atoms with Gasteiger partial charge in [-0.05, 0) is 44.5 Å². The first-order valence-corrected chi connectivity index (χ1v) is 15.4. The number of rotatable bonds is 6. The van der Waals surface area contributed by atoms with Crippen molar-refractivity contribution in [3.63, 3.8) is 0 Å². The van der Waals surface area contributed by atoms with Crippen molar-refractivity contribution in [3.05, 3.63) is 46.9 Å². The molecule has 0 aromatic carbocycles. The number of likely N-dealkylation sites (N-methyl/N-ethyl adjacent to an activating group) is 1. The van der Waals surface area contributed by atoms with E-state index in [1.165, 1.54) is 37.0 Å². The molecule has 0 bridgehead atoms. The van der Waals surface area contributed by atoms with Gasteiger partial charge in [0.2, 0.25) is 5.95 Å². The fraction of sp³-hybridized carbons (Fsp3) is 0.533. The highest BCUT2D eigenvalue weighted by Crippen LogP contribution is 2.49. The van der Waals surface area contributed by atoms with Gasteiger partial charge in [-0.15, -0.1) is 11.3 Å². The first-order chi connectivity index (χ1) is 19.4. The van der Waals surface area contributed by atoms with Gasteiger partial charge >= 0.3 is 0 Å². The van der Waals surface area contributed by atoms with Gasteiger partial charge in [0.05, 0.1) is 28.5 Å². The third-order valence-electron chi connectivity index (χ3n) is 9.37. The standard InChI is InChI=1S/C30H36FN7OS/c1-3-36-15-29(16-36)17-38(18-29)20-8-9-24(32-13-20)34-28-33-14-22(31)25(35-28)23-12-21-26(40-23)30(10-6-5-7-11-30)19-37(4-2)27(21)39/h8-9,12-14H,3-7,10-11,15-19H2,1-2H3,(H,32,33,34,35). The number of anilines is 3. The maximum absolute atomic E-state index is 15.1. The molecule has 4 aliphatic rings. The van der Waals surface area contributed by atoms with E-state index in [2.05, 4.69) is 43.1 Å². The summed E-state index contributed by atoms with van der Waals surface area (Å²) in [5.41, 5.74) is 2.49. The highest BCUT2D eigenvalue weighted by Gasteiger charge is 2.51. The summed E-state index contributed by atoms with van der Waals surface area (Å²) in [5.74, 6) is 0.447. The number of aromatic nitrogens is 3. The summed E-state index contributed by atoms with van der Waals surface area (Å²) in [6, 6.07) is 5.83. The Morgan fingerprint density at radius 3 is 2.50 bits per heavy atom. The molecule has 3 fully saturated rings. The molecule has 6 heterocycles. The van der Waals surface area contributed by atoms with Crippen LogP contribution in [0.2, 0.25) is 0 Å². The molecule has 3 aromatic heterocycles. The Labute approximate surface area is 238 Å². The zero-order chi connectivity index (χ0) is 27.5. The van der Waals surface area contributed by atoms with Crippen LogP contribution in [0.1, 0.15) is 61.2 Å². The lowest BCUT2D eigenvalue weighted by atomic mass is 9.70. The summed E-state index contributed by atoms with van der Waals surface area (Å²) in [6.07, 6.45) is 8.77. The Bertz CT molecular complexity index is 1420. The Hall–Kier alpha value is -3.11. The maximum Gasteiger partial charge on any atom is 0.255 e. The molecule has 1 amide bonds. The van der Waals surface area contributed by atoms with Gasteiger partial charge in [-0.1, -0.05) is 26.2 Å². The van der Waals surface area contributed by atoms with Crippen LogP contribution in [0, 0.1) is 11.2 Å². The number of nitrogens with one attached hydrogen (secondary N) is 1. The van der Waals surface area contributed by atoms with E-state index in [-0.39, 0.29) is 23.0 Å². The quantitative estimate of drug-likeness (QED) is 0.438. The number of hydrogen-bond donors (Lipinski definition) is 1. The summed E-state index contributed by atoms with van der Waals surface area (Å²) in [5, 5.41) is 3.14.